The third-order valence-corrected chi connectivity index (χ3v) is 4.53. The summed E-state index contributed by atoms with van der Waals surface area (Å²) >= 11 is 6.03. The highest BCUT2D eigenvalue weighted by molar-refractivity contribution is 6.31. The first-order chi connectivity index (χ1) is 10.7. The van der Waals surface area contributed by atoms with Crippen molar-refractivity contribution >= 4 is 28.3 Å². The van der Waals surface area contributed by atoms with Crippen LogP contribution in [0.1, 0.15) is 34.0 Å². The normalized spacial score (nSPS) is 17.5. The molecule has 0 fully saturated rings. The van der Waals surface area contributed by atoms with E-state index in [1.165, 1.54) is 5.56 Å². The third-order valence-electron chi connectivity index (χ3n) is 4.30. The van der Waals surface area contributed by atoms with Crippen LogP contribution in [0.3, 0.4) is 0 Å². The monoisotopic (exact) mass is 307 g/mol. The average molecular weight is 308 g/mol. The molecule has 0 amide bonds. The molecule has 108 valence electrons. The zero-order valence-corrected chi connectivity index (χ0v) is 12.7. The third kappa shape index (κ3) is 2.30. The second-order valence-electron chi connectivity index (χ2n) is 5.76. The van der Waals surface area contributed by atoms with Crippen molar-refractivity contribution in [3.05, 3.63) is 76.4 Å². The van der Waals surface area contributed by atoms with E-state index in [0.717, 1.165) is 28.6 Å². The van der Waals surface area contributed by atoms with Gasteiger partial charge in [-0.3, -0.25) is 9.78 Å². The summed E-state index contributed by atoms with van der Waals surface area (Å²) in [5.74, 6) is 0.392. The molecule has 1 unspecified atom stereocenters. The van der Waals surface area contributed by atoms with Crippen molar-refractivity contribution in [2.75, 3.05) is 0 Å². The fourth-order valence-corrected chi connectivity index (χ4v) is 3.37. The number of Topliss-reactive ketones (excluding diaryl/α,β-unsaturated/α-hetero) is 1. The lowest BCUT2D eigenvalue weighted by Gasteiger charge is -2.23. The number of hydrogen-bond acceptors (Lipinski definition) is 2. The van der Waals surface area contributed by atoms with Crippen LogP contribution in [0, 0.1) is 0 Å². The van der Waals surface area contributed by atoms with Crippen LogP contribution in [-0.4, -0.2) is 10.8 Å². The predicted octanol–water partition coefficient (Wildman–Crippen LogP) is 4.80. The van der Waals surface area contributed by atoms with E-state index in [1.807, 2.05) is 42.5 Å². The molecule has 1 aliphatic carbocycles. The molecule has 0 bridgehead atoms. The van der Waals surface area contributed by atoms with Gasteiger partial charge in [0.1, 0.15) is 0 Å². The molecule has 22 heavy (non-hydrogen) atoms. The standard InChI is InChI=1S/C19H14ClNO/c20-15-6-7-17-14(8-15)9-16-18(21-17)10-13(11-19(16)22)12-4-2-1-3-5-12/h1-9,13H,10-11H2. The van der Waals surface area contributed by atoms with Crippen molar-refractivity contribution in [1.29, 1.82) is 0 Å². The maximum absolute atomic E-state index is 12.5. The van der Waals surface area contributed by atoms with Crippen LogP contribution in [0.5, 0.6) is 0 Å². The van der Waals surface area contributed by atoms with Gasteiger partial charge in [-0.2, -0.15) is 0 Å². The van der Waals surface area contributed by atoms with Crippen molar-refractivity contribution in [2.24, 2.45) is 0 Å². The molecule has 1 atom stereocenters. The number of pyridine rings is 1. The first-order valence-corrected chi connectivity index (χ1v) is 7.76. The van der Waals surface area contributed by atoms with Gasteiger partial charge in [-0.25, -0.2) is 0 Å². The molecular weight excluding hydrogens is 294 g/mol. The van der Waals surface area contributed by atoms with Crippen molar-refractivity contribution < 1.29 is 4.79 Å². The van der Waals surface area contributed by atoms with Gasteiger partial charge in [-0.15, -0.1) is 0 Å². The van der Waals surface area contributed by atoms with Gasteiger partial charge in [0, 0.05) is 22.4 Å². The highest BCUT2D eigenvalue weighted by atomic mass is 35.5. The van der Waals surface area contributed by atoms with E-state index < -0.39 is 0 Å². The Balaban J connectivity index is 1.80. The largest absolute Gasteiger partial charge is 0.294 e. The average Bonchev–Trinajstić information content (AvgIpc) is 2.54. The number of carbonyl (C=O) groups is 1. The van der Waals surface area contributed by atoms with Gasteiger partial charge in [0.2, 0.25) is 0 Å². The molecule has 3 aromatic rings. The van der Waals surface area contributed by atoms with E-state index in [9.17, 15) is 4.79 Å². The van der Waals surface area contributed by atoms with Crippen LogP contribution in [0.15, 0.2) is 54.6 Å². The quantitative estimate of drug-likeness (QED) is 0.646. The number of aromatic nitrogens is 1. The van der Waals surface area contributed by atoms with Gasteiger partial charge >= 0.3 is 0 Å². The Morgan fingerprint density at radius 3 is 2.64 bits per heavy atom. The van der Waals surface area contributed by atoms with E-state index in [1.54, 1.807) is 0 Å². The van der Waals surface area contributed by atoms with Crippen LogP contribution in [0.2, 0.25) is 5.02 Å². The molecule has 0 radical (unpaired) electrons. The summed E-state index contributed by atoms with van der Waals surface area (Å²) in [6.45, 7) is 0. The first-order valence-electron chi connectivity index (χ1n) is 7.38. The van der Waals surface area contributed by atoms with Crippen LogP contribution in [0.25, 0.3) is 10.9 Å². The Bertz CT molecular complexity index is 873. The van der Waals surface area contributed by atoms with Crippen molar-refractivity contribution in [3.63, 3.8) is 0 Å². The van der Waals surface area contributed by atoms with Crippen molar-refractivity contribution in [3.8, 4) is 0 Å². The SMILES string of the molecule is O=C1CC(c2ccccc2)Cc2nc3ccc(Cl)cc3cc21. The highest BCUT2D eigenvalue weighted by Gasteiger charge is 2.27. The summed E-state index contributed by atoms with van der Waals surface area (Å²) in [7, 11) is 0. The number of halogens is 1. The summed E-state index contributed by atoms with van der Waals surface area (Å²) in [4.78, 5) is 17.2. The molecule has 1 aromatic heterocycles. The molecule has 1 aliphatic rings. The fraction of sp³-hybridized carbons (Fsp3) is 0.158. The van der Waals surface area contributed by atoms with Crippen molar-refractivity contribution in [1.82, 2.24) is 4.98 Å². The van der Waals surface area contributed by atoms with E-state index in [0.29, 0.717) is 11.4 Å². The molecule has 0 aliphatic heterocycles. The smallest absolute Gasteiger partial charge is 0.165 e. The molecule has 2 aromatic carbocycles. The summed E-state index contributed by atoms with van der Waals surface area (Å²) in [6, 6.07) is 17.8. The summed E-state index contributed by atoms with van der Waals surface area (Å²) in [5, 5.41) is 1.59. The number of carbonyl (C=O) groups excluding carboxylic acids is 1. The zero-order valence-electron chi connectivity index (χ0n) is 11.9. The lowest BCUT2D eigenvalue weighted by atomic mass is 9.81. The molecule has 1 heterocycles. The van der Waals surface area contributed by atoms with Crippen LogP contribution >= 0.6 is 11.6 Å². The van der Waals surface area contributed by atoms with Gasteiger partial charge < -0.3 is 0 Å². The Labute approximate surface area is 133 Å². The lowest BCUT2D eigenvalue weighted by molar-refractivity contribution is 0.0963. The second-order valence-corrected chi connectivity index (χ2v) is 6.20. The summed E-state index contributed by atoms with van der Waals surface area (Å²) < 4.78 is 0. The molecule has 0 spiro atoms. The van der Waals surface area contributed by atoms with E-state index in [-0.39, 0.29) is 11.7 Å². The number of fused-ring (bicyclic) bond motifs is 2. The maximum atomic E-state index is 12.5. The van der Waals surface area contributed by atoms with Gasteiger partial charge in [0.15, 0.2) is 5.78 Å². The molecular formula is C19H14ClNO. The molecule has 0 saturated carbocycles. The Morgan fingerprint density at radius 2 is 1.82 bits per heavy atom. The van der Waals surface area contributed by atoms with Gasteiger partial charge in [0.05, 0.1) is 11.2 Å². The first kappa shape index (κ1) is 13.5. The molecule has 4 rings (SSSR count). The second kappa shape index (κ2) is 5.22. The van der Waals surface area contributed by atoms with Gasteiger partial charge in [0.25, 0.3) is 0 Å². The molecule has 3 heteroatoms. The Kier molecular flexibility index (Phi) is 3.20. The Hall–Kier alpha value is -2.19. The van der Waals surface area contributed by atoms with Gasteiger partial charge in [-0.05, 0) is 42.2 Å². The summed E-state index contributed by atoms with van der Waals surface area (Å²) in [5.41, 5.74) is 3.76. The van der Waals surface area contributed by atoms with E-state index >= 15 is 0 Å². The highest BCUT2D eigenvalue weighted by Crippen LogP contribution is 2.33. The minimum absolute atomic E-state index is 0.171. The molecule has 2 nitrogen and oxygen atoms in total. The Morgan fingerprint density at radius 1 is 1.00 bits per heavy atom. The van der Waals surface area contributed by atoms with Gasteiger partial charge in [-0.1, -0.05) is 41.9 Å². The number of benzene rings is 2. The minimum Gasteiger partial charge on any atom is -0.294 e. The summed E-state index contributed by atoms with van der Waals surface area (Å²) in [6.07, 6.45) is 1.36. The van der Waals surface area contributed by atoms with Crippen molar-refractivity contribution in [2.45, 2.75) is 18.8 Å². The molecule has 0 N–H and O–H groups in total. The number of rotatable bonds is 1. The number of ketones is 1. The predicted molar refractivity (Wildman–Crippen MR) is 88.6 cm³/mol. The minimum atomic E-state index is 0.171. The number of hydrogen-bond donors (Lipinski definition) is 0. The van der Waals surface area contributed by atoms with Crippen LogP contribution < -0.4 is 0 Å². The fourth-order valence-electron chi connectivity index (χ4n) is 3.18. The van der Waals surface area contributed by atoms with Crippen LogP contribution in [0.4, 0.5) is 0 Å². The maximum Gasteiger partial charge on any atom is 0.165 e. The topological polar surface area (TPSA) is 30.0 Å². The van der Waals surface area contributed by atoms with E-state index in [4.69, 9.17) is 16.6 Å². The van der Waals surface area contributed by atoms with Crippen LogP contribution in [-0.2, 0) is 6.42 Å². The van der Waals surface area contributed by atoms with E-state index in [2.05, 4.69) is 12.1 Å². The lowest BCUT2D eigenvalue weighted by Crippen LogP contribution is -2.20. The number of nitrogens with zero attached hydrogens (tertiary/aromatic N) is 1. The zero-order chi connectivity index (χ0) is 15.1. The molecule has 0 saturated heterocycles.